The van der Waals surface area contributed by atoms with Crippen molar-refractivity contribution in [2.75, 3.05) is 18.4 Å². The summed E-state index contributed by atoms with van der Waals surface area (Å²) in [6.45, 7) is 3.37. The van der Waals surface area contributed by atoms with Gasteiger partial charge in [0.1, 0.15) is 5.56 Å². The van der Waals surface area contributed by atoms with Crippen molar-refractivity contribution >= 4 is 51.1 Å². The molecular weight excluding hydrogens is 593 g/mol. The zero-order valence-corrected chi connectivity index (χ0v) is 23.1. The highest BCUT2D eigenvalue weighted by Crippen LogP contribution is 2.27. The molecular formula is C30H28IN3O4. The molecule has 1 aliphatic rings. The molecule has 7 nitrogen and oxygen atoms in total. The van der Waals surface area contributed by atoms with E-state index >= 15 is 0 Å². The number of benzene rings is 3. The number of fused-ring (bicyclic) bond motifs is 1. The summed E-state index contributed by atoms with van der Waals surface area (Å²) in [5.41, 5.74) is 4.69. The third kappa shape index (κ3) is 5.05. The van der Waals surface area contributed by atoms with E-state index in [4.69, 9.17) is 0 Å². The number of carbonyl (C=O) groups excluding carboxylic acids is 1. The van der Waals surface area contributed by atoms with Gasteiger partial charge in [0.15, 0.2) is 0 Å². The quantitative estimate of drug-likeness (QED) is 0.227. The number of pyridine rings is 1. The molecule has 3 N–H and O–H groups in total. The van der Waals surface area contributed by atoms with E-state index < -0.39 is 11.4 Å². The number of carboxylic acid groups (broad SMARTS) is 1. The van der Waals surface area contributed by atoms with Gasteiger partial charge in [-0.2, -0.15) is 0 Å². The predicted molar refractivity (Wildman–Crippen MR) is 158 cm³/mol. The third-order valence-electron chi connectivity index (χ3n) is 7.21. The fraction of sp³-hybridized carbons (Fsp3) is 0.233. The van der Waals surface area contributed by atoms with Gasteiger partial charge in [0.25, 0.3) is 5.91 Å². The molecule has 0 spiro atoms. The number of nitrogens with zero attached hydrogens (tertiary/aromatic N) is 1. The van der Waals surface area contributed by atoms with Crippen LogP contribution in [0.1, 0.15) is 46.0 Å². The maximum absolute atomic E-state index is 13.4. The highest BCUT2D eigenvalue weighted by atomic mass is 127. The van der Waals surface area contributed by atoms with Crippen LogP contribution in [0.3, 0.4) is 0 Å². The van der Waals surface area contributed by atoms with Crippen LogP contribution in [0, 0.1) is 3.57 Å². The van der Waals surface area contributed by atoms with Crippen LogP contribution >= 0.6 is 22.6 Å². The van der Waals surface area contributed by atoms with Crippen molar-refractivity contribution in [3.8, 4) is 11.1 Å². The molecule has 1 aromatic heterocycles. The van der Waals surface area contributed by atoms with E-state index in [1.165, 1.54) is 11.8 Å². The van der Waals surface area contributed by atoms with E-state index in [1.54, 1.807) is 6.07 Å². The lowest BCUT2D eigenvalue weighted by molar-refractivity contribution is 0.0693. The van der Waals surface area contributed by atoms with Gasteiger partial charge in [-0.3, -0.25) is 9.59 Å². The van der Waals surface area contributed by atoms with Gasteiger partial charge in [-0.25, -0.2) is 4.79 Å². The number of nitrogens with one attached hydrogen (secondary N) is 2. The number of H-pyrrole nitrogens is 1. The summed E-state index contributed by atoms with van der Waals surface area (Å²) in [6.07, 6.45) is 4.04. The number of hydrogen-bond donors (Lipinski definition) is 3. The number of halogens is 1. The minimum Gasteiger partial charge on any atom is -0.477 e. The molecule has 3 aromatic carbocycles. The Morgan fingerprint density at radius 1 is 1.05 bits per heavy atom. The van der Waals surface area contributed by atoms with Crippen LogP contribution in [-0.2, 0) is 6.42 Å². The van der Waals surface area contributed by atoms with Gasteiger partial charge in [-0.1, -0.05) is 43.3 Å². The van der Waals surface area contributed by atoms with E-state index in [9.17, 15) is 19.5 Å². The Morgan fingerprint density at radius 3 is 2.39 bits per heavy atom. The molecule has 2 heterocycles. The number of anilines is 1. The first-order valence-electron chi connectivity index (χ1n) is 12.7. The van der Waals surface area contributed by atoms with Gasteiger partial charge in [0, 0.05) is 40.1 Å². The summed E-state index contributed by atoms with van der Waals surface area (Å²) in [5, 5.41) is 13.1. The molecule has 4 aromatic rings. The lowest BCUT2D eigenvalue weighted by Gasteiger charge is -2.26. The molecule has 1 amide bonds. The normalized spacial score (nSPS) is 15.1. The molecule has 1 aliphatic heterocycles. The SMILES string of the molecule is CCc1ccc(-c2ccc(C(=O)N3CCCC3CNc3ccc4[nH]cc(C(=O)O)c(=O)c4c3I)cc2)cc1. The lowest BCUT2D eigenvalue weighted by Crippen LogP contribution is -2.39. The fourth-order valence-corrected chi connectivity index (χ4v) is 5.92. The lowest BCUT2D eigenvalue weighted by atomic mass is 10.0. The summed E-state index contributed by atoms with van der Waals surface area (Å²) in [7, 11) is 0. The summed E-state index contributed by atoms with van der Waals surface area (Å²) < 4.78 is 0.655. The molecule has 1 fully saturated rings. The summed E-state index contributed by atoms with van der Waals surface area (Å²) in [5.74, 6) is -1.25. The van der Waals surface area contributed by atoms with Crippen molar-refractivity contribution in [1.29, 1.82) is 0 Å². The fourth-order valence-electron chi connectivity index (χ4n) is 5.01. The van der Waals surface area contributed by atoms with Crippen molar-refractivity contribution in [3.63, 3.8) is 0 Å². The number of hydrogen-bond acceptors (Lipinski definition) is 4. The number of aromatic amines is 1. The van der Waals surface area contributed by atoms with E-state index in [0.717, 1.165) is 36.1 Å². The molecule has 8 heteroatoms. The second kappa shape index (κ2) is 11.0. The first-order valence-corrected chi connectivity index (χ1v) is 13.8. The van der Waals surface area contributed by atoms with Crippen molar-refractivity contribution < 1.29 is 14.7 Å². The molecule has 1 saturated heterocycles. The van der Waals surface area contributed by atoms with Gasteiger partial charge in [-0.15, -0.1) is 0 Å². The number of carbonyl (C=O) groups is 2. The van der Waals surface area contributed by atoms with Crippen LogP contribution in [0.2, 0.25) is 0 Å². The second-order valence-electron chi connectivity index (χ2n) is 9.49. The smallest absolute Gasteiger partial charge is 0.341 e. The van der Waals surface area contributed by atoms with Gasteiger partial charge >= 0.3 is 5.97 Å². The molecule has 1 unspecified atom stereocenters. The number of carboxylic acids is 1. The first kappa shape index (κ1) is 26.0. The molecule has 5 rings (SSSR count). The zero-order chi connectivity index (χ0) is 26.8. The second-order valence-corrected chi connectivity index (χ2v) is 10.6. The Bertz CT molecular complexity index is 1560. The molecule has 38 heavy (non-hydrogen) atoms. The van der Waals surface area contributed by atoms with Gasteiger partial charge < -0.3 is 20.3 Å². The summed E-state index contributed by atoms with van der Waals surface area (Å²) in [4.78, 5) is 42.4. The van der Waals surface area contributed by atoms with Crippen LogP contribution in [0.5, 0.6) is 0 Å². The van der Waals surface area contributed by atoms with Crippen LogP contribution in [-0.4, -0.2) is 46.0 Å². The molecule has 194 valence electrons. The van der Waals surface area contributed by atoms with E-state index in [2.05, 4.69) is 64.1 Å². The topological polar surface area (TPSA) is 102 Å². The Kier molecular flexibility index (Phi) is 7.51. The van der Waals surface area contributed by atoms with Crippen molar-refractivity contribution in [1.82, 2.24) is 9.88 Å². The zero-order valence-electron chi connectivity index (χ0n) is 21.0. The molecule has 0 aliphatic carbocycles. The van der Waals surface area contributed by atoms with Crippen LogP contribution < -0.4 is 10.7 Å². The summed E-state index contributed by atoms with van der Waals surface area (Å²) in [6, 6.07) is 19.9. The highest BCUT2D eigenvalue weighted by molar-refractivity contribution is 14.1. The van der Waals surface area contributed by atoms with Crippen molar-refractivity contribution in [2.24, 2.45) is 0 Å². The monoisotopic (exact) mass is 621 g/mol. The van der Waals surface area contributed by atoms with Gasteiger partial charge in [-0.05, 0) is 82.8 Å². The van der Waals surface area contributed by atoms with E-state index in [-0.39, 0.29) is 17.5 Å². The van der Waals surface area contributed by atoms with E-state index in [0.29, 0.717) is 33.1 Å². The predicted octanol–water partition coefficient (Wildman–Crippen LogP) is 5.78. The average Bonchev–Trinajstić information content (AvgIpc) is 3.41. The Labute approximate surface area is 234 Å². The number of aromatic nitrogens is 1. The number of aryl methyl sites for hydroxylation is 1. The third-order valence-corrected chi connectivity index (χ3v) is 8.33. The Morgan fingerprint density at radius 2 is 1.74 bits per heavy atom. The van der Waals surface area contributed by atoms with Crippen LogP contribution in [0.4, 0.5) is 5.69 Å². The number of aromatic carboxylic acids is 1. The summed E-state index contributed by atoms with van der Waals surface area (Å²) >= 11 is 2.07. The maximum Gasteiger partial charge on any atom is 0.341 e. The van der Waals surface area contributed by atoms with Gasteiger partial charge in [0.2, 0.25) is 5.43 Å². The molecule has 0 bridgehead atoms. The van der Waals surface area contributed by atoms with E-state index in [1.807, 2.05) is 35.2 Å². The number of likely N-dealkylation sites (tertiary alicyclic amines) is 1. The van der Waals surface area contributed by atoms with Crippen LogP contribution in [0.25, 0.3) is 22.0 Å². The van der Waals surface area contributed by atoms with Crippen molar-refractivity contribution in [2.45, 2.75) is 32.2 Å². The Hall–Kier alpha value is -3.66. The van der Waals surface area contributed by atoms with Crippen molar-refractivity contribution in [3.05, 3.63) is 97.3 Å². The van der Waals surface area contributed by atoms with Crippen LogP contribution in [0.15, 0.2) is 71.7 Å². The number of amides is 1. The standard InChI is InChI=1S/C30H28IN3O4/c1-2-18-5-7-19(8-6-18)20-9-11-21(12-10-20)29(36)34-15-3-4-22(34)16-32-25-14-13-24-26(27(25)31)28(35)23(17-33-24)30(37)38/h5-14,17,22,32H,2-4,15-16H2,1H3,(H,33,35)(H,37,38). The Balaban J connectivity index is 1.30. The molecule has 0 radical (unpaired) electrons. The molecule has 0 saturated carbocycles. The largest absolute Gasteiger partial charge is 0.477 e. The molecule has 1 atom stereocenters. The minimum absolute atomic E-state index is 0.0120. The van der Waals surface area contributed by atoms with Gasteiger partial charge in [0.05, 0.1) is 10.9 Å². The minimum atomic E-state index is -1.26. The maximum atomic E-state index is 13.4. The highest BCUT2D eigenvalue weighted by Gasteiger charge is 2.29. The average molecular weight is 621 g/mol. The number of rotatable bonds is 7. The first-order chi connectivity index (χ1) is 18.4.